The van der Waals surface area contributed by atoms with E-state index in [1.165, 1.54) is 17.4 Å². The summed E-state index contributed by atoms with van der Waals surface area (Å²) in [7, 11) is 0. The molecule has 1 N–H and O–H groups in total. The lowest BCUT2D eigenvalue weighted by Gasteiger charge is -2.34. The van der Waals surface area contributed by atoms with Crippen LogP contribution in [-0.2, 0) is 6.18 Å². The minimum atomic E-state index is -4.43. The summed E-state index contributed by atoms with van der Waals surface area (Å²) in [6.07, 6.45) is -2.86. The topological polar surface area (TPSA) is 58.1 Å². The molecule has 0 aliphatic heterocycles. The Labute approximate surface area is 202 Å². The van der Waals surface area contributed by atoms with Gasteiger partial charge >= 0.3 is 6.18 Å². The number of aromatic nitrogens is 2. The van der Waals surface area contributed by atoms with Gasteiger partial charge in [-0.2, -0.15) is 13.2 Å². The molecule has 0 saturated heterocycles. The van der Waals surface area contributed by atoms with Crippen LogP contribution in [0.25, 0.3) is 10.4 Å². The van der Waals surface area contributed by atoms with Crippen LogP contribution >= 0.6 is 11.3 Å². The number of nitrogens with one attached hydrogen (secondary N) is 1. The van der Waals surface area contributed by atoms with Crippen molar-refractivity contribution >= 4 is 23.1 Å². The number of aryl methyl sites for hydroxylation is 1. The number of pyridine rings is 1. The Balaban J connectivity index is 1.85. The fourth-order valence-corrected chi connectivity index (χ4v) is 4.65. The quantitative estimate of drug-likeness (QED) is 0.371. The molecule has 0 aliphatic rings. The number of anilines is 1. The number of benzene rings is 1. The molecule has 9 heteroatoms. The third-order valence-electron chi connectivity index (χ3n) is 5.45. The summed E-state index contributed by atoms with van der Waals surface area (Å²) >= 11 is 1.49. The van der Waals surface area contributed by atoms with Crippen molar-refractivity contribution in [3.63, 3.8) is 0 Å². The molecule has 5 nitrogen and oxygen atoms in total. The van der Waals surface area contributed by atoms with Gasteiger partial charge in [0.25, 0.3) is 5.91 Å². The van der Waals surface area contributed by atoms with Gasteiger partial charge in [-0.1, -0.05) is 51.1 Å². The highest BCUT2D eigenvalue weighted by Gasteiger charge is 2.32. The predicted octanol–water partition coefficient (Wildman–Crippen LogP) is 6.52. The molecule has 1 unspecified atom stereocenters. The maximum absolute atomic E-state index is 13.8. The van der Waals surface area contributed by atoms with E-state index in [1.807, 2.05) is 62.9 Å². The fourth-order valence-electron chi connectivity index (χ4n) is 3.73. The molecule has 3 rings (SSSR count). The predicted molar refractivity (Wildman–Crippen MR) is 130 cm³/mol. The summed E-state index contributed by atoms with van der Waals surface area (Å²) in [6, 6.07) is 11.8. The first-order valence-corrected chi connectivity index (χ1v) is 12.0. The Morgan fingerprint density at radius 2 is 1.85 bits per heavy atom. The summed E-state index contributed by atoms with van der Waals surface area (Å²) < 4.78 is 38.5. The second-order valence-corrected chi connectivity index (χ2v) is 9.60. The summed E-state index contributed by atoms with van der Waals surface area (Å²) in [6.45, 7) is 8.82. The van der Waals surface area contributed by atoms with Crippen molar-refractivity contribution < 1.29 is 18.0 Å². The lowest BCUT2D eigenvalue weighted by Crippen LogP contribution is -2.47. The smallest absolute Gasteiger partial charge is 0.368 e. The van der Waals surface area contributed by atoms with E-state index in [0.29, 0.717) is 24.6 Å². The number of hydrogen-bond acceptors (Lipinski definition) is 5. The zero-order valence-electron chi connectivity index (χ0n) is 19.7. The van der Waals surface area contributed by atoms with Crippen LogP contribution in [0, 0.1) is 12.8 Å². The summed E-state index contributed by atoms with van der Waals surface area (Å²) in [5, 5.41) is 3.92. The van der Waals surface area contributed by atoms with Crippen LogP contribution in [0.3, 0.4) is 0 Å². The van der Waals surface area contributed by atoms with Gasteiger partial charge in [0.2, 0.25) is 0 Å². The van der Waals surface area contributed by atoms with E-state index in [9.17, 15) is 18.0 Å². The van der Waals surface area contributed by atoms with Gasteiger partial charge in [-0.25, -0.2) is 9.97 Å². The number of rotatable bonds is 9. The van der Waals surface area contributed by atoms with Crippen LogP contribution in [-0.4, -0.2) is 39.9 Å². The number of carbonyl (C=O) groups is 1. The number of carbonyl (C=O) groups excluding carboxylic acids is 1. The molecule has 3 aromatic rings. The van der Waals surface area contributed by atoms with E-state index >= 15 is 0 Å². The number of alkyl halides is 3. The van der Waals surface area contributed by atoms with Gasteiger partial charge < -0.3 is 10.2 Å². The van der Waals surface area contributed by atoms with Crippen molar-refractivity contribution in [2.45, 2.75) is 46.3 Å². The average Bonchev–Trinajstić information content (AvgIpc) is 3.20. The first kappa shape index (κ1) is 25.7. The fraction of sp³-hybridized carbons (Fsp3) is 0.400. The first-order valence-electron chi connectivity index (χ1n) is 11.2. The minimum Gasteiger partial charge on any atom is -0.368 e. The highest BCUT2D eigenvalue weighted by atomic mass is 32.1. The van der Waals surface area contributed by atoms with Crippen LogP contribution in [0.2, 0.25) is 0 Å². The van der Waals surface area contributed by atoms with Crippen LogP contribution in [0.15, 0.2) is 48.7 Å². The van der Waals surface area contributed by atoms with E-state index in [4.69, 9.17) is 0 Å². The second-order valence-electron chi connectivity index (χ2n) is 8.40. The summed E-state index contributed by atoms with van der Waals surface area (Å²) in [4.78, 5) is 24.9. The molecule has 0 radical (unpaired) electrons. The average molecular weight is 491 g/mol. The lowest BCUT2D eigenvalue weighted by atomic mass is 10.0. The van der Waals surface area contributed by atoms with Crippen molar-refractivity contribution in [2.75, 3.05) is 18.4 Å². The molecule has 2 aromatic heterocycles. The number of thiazole rings is 1. The van der Waals surface area contributed by atoms with Crippen molar-refractivity contribution in [3.8, 4) is 10.4 Å². The SMILES string of the molecule is CCCN(C(=O)c1nc(C)sc1-c1ccccc1)C(CNc1ccc(C(F)(F)F)cn1)C(C)C. The molecule has 0 fully saturated rings. The van der Waals surface area contributed by atoms with Crippen molar-refractivity contribution in [1.82, 2.24) is 14.9 Å². The molecule has 0 saturated carbocycles. The molecule has 0 spiro atoms. The molecule has 182 valence electrons. The number of halogens is 3. The number of hydrogen-bond donors (Lipinski definition) is 1. The van der Waals surface area contributed by atoms with Crippen LogP contribution in [0.5, 0.6) is 0 Å². The molecule has 0 bridgehead atoms. The largest absolute Gasteiger partial charge is 0.417 e. The van der Waals surface area contributed by atoms with Crippen LogP contribution in [0.4, 0.5) is 19.0 Å². The Morgan fingerprint density at radius 1 is 1.15 bits per heavy atom. The van der Waals surface area contributed by atoms with Crippen molar-refractivity contribution in [3.05, 3.63) is 64.9 Å². The van der Waals surface area contributed by atoms with Gasteiger partial charge in [-0.15, -0.1) is 11.3 Å². The molecule has 1 amide bonds. The van der Waals surface area contributed by atoms with E-state index < -0.39 is 11.7 Å². The maximum Gasteiger partial charge on any atom is 0.417 e. The lowest BCUT2D eigenvalue weighted by molar-refractivity contribution is -0.137. The highest BCUT2D eigenvalue weighted by Crippen LogP contribution is 2.32. The first-order chi connectivity index (χ1) is 16.1. The summed E-state index contributed by atoms with van der Waals surface area (Å²) in [5.41, 5.74) is 0.579. The van der Waals surface area contributed by atoms with E-state index in [-0.39, 0.29) is 17.9 Å². The van der Waals surface area contributed by atoms with Crippen molar-refractivity contribution in [1.29, 1.82) is 0 Å². The van der Waals surface area contributed by atoms with Gasteiger partial charge in [-0.3, -0.25) is 4.79 Å². The molecule has 2 heterocycles. The Morgan fingerprint density at radius 3 is 2.41 bits per heavy atom. The Kier molecular flexibility index (Phi) is 8.30. The van der Waals surface area contributed by atoms with E-state index in [0.717, 1.165) is 34.1 Å². The van der Waals surface area contributed by atoms with Gasteiger partial charge in [0.1, 0.15) is 11.5 Å². The molecule has 0 aliphatic carbocycles. The molecular formula is C25H29F3N4OS. The van der Waals surface area contributed by atoms with Crippen molar-refractivity contribution in [2.24, 2.45) is 5.92 Å². The van der Waals surface area contributed by atoms with Crippen LogP contribution in [0.1, 0.15) is 48.3 Å². The normalized spacial score (nSPS) is 12.6. The Bertz CT molecular complexity index is 1080. The zero-order valence-corrected chi connectivity index (χ0v) is 20.5. The van der Waals surface area contributed by atoms with E-state index in [2.05, 4.69) is 15.3 Å². The molecule has 34 heavy (non-hydrogen) atoms. The van der Waals surface area contributed by atoms with Gasteiger partial charge in [0, 0.05) is 19.3 Å². The molecular weight excluding hydrogens is 461 g/mol. The second kappa shape index (κ2) is 11.0. The highest BCUT2D eigenvalue weighted by molar-refractivity contribution is 7.15. The van der Waals surface area contributed by atoms with Gasteiger partial charge in [0.15, 0.2) is 0 Å². The van der Waals surface area contributed by atoms with Gasteiger partial charge in [0.05, 0.1) is 21.5 Å². The number of amides is 1. The van der Waals surface area contributed by atoms with Gasteiger partial charge in [-0.05, 0) is 37.0 Å². The molecule has 1 atom stereocenters. The third-order valence-corrected chi connectivity index (χ3v) is 6.47. The van der Waals surface area contributed by atoms with Crippen LogP contribution < -0.4 is 5.32 Å². The molecule has 1 aromatic carbocycles. The number of nitrogens with zero attached hydrogens (tertiary/aromatic N) is 3. The monoisotopic (exact) mass is 490 g/mol. The Hall–Kier alpha value is -2.94. The summed E-state index contributed by atoms with van der Waals surface area (Å²) in [5.74, 6) is 0.278. The minimum absolute atomic E-state index is 0.0948. The standard InChI is InChI=1S/C25H29F3N4OS/c1-5-13-32(24(33)22-23(34-17(4)31-22)18-9-7-6-8-10-18)20(16(2)3)15-30-21-12-11-19(14-29-21)25(26,27)28/h6-12,14,16,20H,5,13,15H2,1-4H3,(H,29,30). The van der Waals surface area contributed by atoms with E-state index in [1.54, 1.807) is 0 Å². The maximum atomic E-state index is 13.8. The zero-order chi connectivity index (χ0) is 24.9. The third kappa shape index (κ3) is 6.14.